The van der Waals surface area contributed by atoms with Gasteiger partial charge in [-0.05, 0) is 42.0 Å². The number of halogens is 1. The number of para-hydroxylation sites is 1. The van der Waals surface area contributed by atoms with Crippen LogP contribution in [0.1, 0.15) is 26.5 Å². The number of esters is 1. The molecule has 0 bridgehead atoms. The molecule has 0 aliphatic carbocycles. The number of ether oxygens (including phenoxy) is 1. The van der Waals surface area contributed by atoms with Gasteiger partial charge >= 0.3 is 5.97 Å². The van der Waals surface area contributed by atoms with E-state index in [1.807, 2.05) is 6.07 Å². The molecule has 0 saturated carbocycles. The van der Waals surface area contributed by atoms with Crippen LogP contribution < -0.4 is 5.32 Å². The normalized spacial score (nSPS) is 10.3. The Morgan fingerprint density at radius 1 is 1.07 bits per heavy atom. The van der Waals surface area contributed by atoms with E-state index in [1.165, 1.54) is 23.3 Å². The van der Waals surface area contributed by atoms with Gasteiger partial charge in [0.25, 0.3) is 11.8 Å². The molecular formula is C22H19ClN2O5. The minimum Gasteiger partial charge on any atom is -0.459 e. The molecule has 3 rings (SSSR count). The molecule has 0 atom stereocenters. The van der Waals surface area contributed by atoms with Gasteiger partial charge in [-0.25, -0.2) is 4.79 Å². The first kappa shape index (κ1) is 21.1. The lowest BCUT2D eigenvalue weighted by Gasteiger charge is -2.17. The number of amides is 2. The predicted octanol–water partition coefficient (Wildman–Crippen LogP) is 4.00. The van der Waals surface area contributed by atoms with Crippen molar-refractivity contribution >= 4 is 35.1 Å². The van der Waals surface area contributed by atoms with Gasteiger partial charge in [0.05, 0.1) is 17.5 Å². The molecule has 2 aromatic carbocycles. The quantitative estimate of drug-likeness (QED) is 0.577. The average molecular weight is 427 g/mol. The molecule has 0 aliphatic heterocycles. The third kappa shape index (κ3) is 5.48. The number of anilines is 1. The van der Waals surface area contributed by atoms with Gasteiger partial charge in [-0.3, -0.25) is 9.59 Å². The number of nitrogens with one attached hydrogen (secondary N) is 1. The molecule has 3 aromatic rings. The fourth-order valence-corrected chi connectivity index (χ4v) is 2.89. The molecule has 1 heterocycles. The predicted molar refractivity (Wildman–Crippen MR) is 111 cm³/mol. The van der Waals surface area contributed by atoms with Crippen molar-refractivity contribution in [2.75, 3.05) is 19.0 Å². The maximum Gasteiger partial charge on any atom is 0.340 e. The summed E-state index contributed by atoms with van der Waals surface area (Å²) in [4.78, 5) is 38.4. The first-order valence-corrected chi connectivity index (χ1v) is 9.41. The van der Waals surface area contributed by atoms with Crippen LogP contribution in [-0.4, -0.2) is 36.3 Å². The number of likely N-dealkylation sites (N-methyl/N-ethyl adjacent to an activating group) is 1. The van der Waals surface area contributed by atoms with Gasteiger partial charge in [0, 0.05) is 18.6 Å². The van der Waals surface area contributed by atoms with E-state index in [0.29, 0.717) is 11.6 Å². The summed E-state index contributed by atoms with van der Waals surface area (Å²) < 4.78 is 10.2. The highest BCUT2D eigenvalue weighted by Gasteiger charge is 2.18. The third-order valence-corrected chi connectivity index (χ3v) is 4.44. The molecule has 0 aliphatic rings. The monoisotopic (exact) mass is 426 g/mol. The molecule has 1 aromatic heterocycles. The Morgan fingerprint density at radius 3 is 2.60 bits per heavy atom. The van der Waals surface area contributed by atoms with E-state index in [-0.39, 0.29) is 22.9 Å². The summed E-state index contributed by atoms with van der Waals surface area (Å²) >= 11 is 5.95. The van der Waals surface area contributed by atoms with Crippen molar-refractivity contribution in [3.63, 3.8) is 0 Å². The third-order valence-electron chi connectivity index (χ3n) is 4.20. The van der Waals surface area contributed by atoms with E-state index < -0.39 is 18.5 Å². The summed E-state index contributed by atoms with van der Waals surface area (Å²) in [5.41, 5.74) is 1.24. The molecule has 0 unspecified atom stereocenters. The first-order valence-electron chi connectivity index (χ1n) is 9.03. The summed E-state index contributed by atoms with van der Waals surface area (Å²) in [7, 11) is 1.61. The van der Waals surface area contributed by atoms with Crippen molar-refractivity contribution in [2.45, 2.75) is 6.54 Å². The Morgan fingerprint density at radius 2 is 1.87 bits per heavy atom. The molecule has 7 nitrogen and oxygen atoms in total. The van der Waals surface area contributed by atoms with Crippen LogP contribution in [0, 0.1) is 0 Å². The van der Waals surface area contributed by atoms with Crippen LogP contribution in [-0.2, 0) is 16.1 Å². The highest BCUT2D eigenvalue weighted by Crippen LogP contribution is 2.18. The number of carbonyl (C=O) groups excluding carboxylic acids is 3. The first-order chi connectivity index (χ1) is 14.4. The van der Waals surface area contributed by atoms with Crippen molar-refractivity contribution < 1.29 is 23.5 Å². The Kier molecular flexibility index (Phi) is 6.87. The summed E-state index contributed by atoms with van der Waals surface area (Å²) in [5, 5.41) is 3.18. The number of benzene rings is 2. The summed E-state index contributed by atoms with van der Waals surface area (Å²) in [6.07, 6.45) is 1.38. The largest absolute Gasteiger partial charge is 0.459 e. The van der Waals surface area contributed by atoms with E-state index in [9.17, 15) is 14.4 Å². The average Bonchev–Trinajstić information content (AvgIpc) is 3.27. The topological polar surface area (TPSA) is 88.9 Å². The molecule has 0 spiro atoms. The zero-order chi connectivity index (χ0) is 21.5. The Bertz CT molecular complexity index is 1050. The van der Waals surface area contributed by atoms with E-state index in [1.54, 1.807) is 49.5 Å². The van der Waals surface area contributed by atoms with E-state index in [4.69, 9.17) is 20.8 Å². The van der Waals surface area contributed by atoms with Crippen LogP contribution in [0.15, 0.2) is 71.3 Å². The Balaban J connectivity index is 1.59. The van der Waals surface area contributed by atoms with Gasteiger partial charge in [0.2, 0.25) is 0 Å². The lowest BCUT2D eigenvalue weighted by molar-refractivity contribution is -0.133. The zero-order valence-corrected chi connectivity index (χ0v) is 16.9. The highest BCUT2D eigenvalue weighted by molar-refractivity contribution is 6.30. The van der Waals surface area contributed by atoms with Crippen molar-refractivity contribution in [1.82, 2.24) is 4.90 Å². The zero-order valence-electron chi connectivity index (χ0n) is 16.1. The molecule has 8 heteroatoms. The van der Waals surface area contributed by atoms with Crippen LogP contribution in [0.2, 0.25) is 5.02 Å². The number of hydrogen-bond donors (Lipinski definition) is 1. The van der Waals surface area contributed by atoms with Crippen LogP contribution in [0.3, 0.4) is 0 Å². The lowest BCUT2D eigenvalue weighted by Crippen LogP contribution is -2.31. The number of carbonyl (C=O) groups is 3. The maximum absolute atomic E-state index is 12.5. The van der Waals surface area contributed by atoms with Gasteiger partial charge in [-0.1, -0.05) is 35.9 Å². The second-order valence-electron chi connectivity index (χ2n) is 6.43. The molecule has 0 fully saturated rings. The molecule has 154 valence electrons. The highest BCUT2D eigenvalue weighted by atomic mass is 35.5. The van der Waals surface area contributed by atoms with Crippen molar-refractivity contribution in [3.8, 4) is 0 Å². The second-order valence-corrected chi connectivity index (χ2v) is 6.87. The second kappa shape index (κ2) is 9.76. The molecule has 0 radical (unpaired) electrons. The minimum absolute atomic E-state index is 0.107. The van der Waals surface area contributed by atoms with Gasteiger partial charge in [-0.2, -0.15) is 0 Å². The lowest BCUT2D eigenvalue weighted by atomic mass is 10.1. The van der Waals surface area contributed by atoms with Gasteiger partial charge in [0.1, 0.15) is 0 Å². The molecule has 2 amide bonds. The standard InChI is InChI=1S/C22H19ClN2O5/c1-25(13-15-6-4-7-16(23)12-15)20(26)14-30-22(28)17-8-2-3-9-18(17)24-21(27)19-10-5-11-29-19/h2-12H,13-14H2,1H3,(H,24,27). The van der Waals surface area contributed by atoms with Crippen LogP contribution >= 0.6 is 11.6 Å². The van der Waals surface area contributed by atoms with E-state index in [0.717, 1.165) is 5.56 Å². The molecular weight excluding hydrogens is 408 g/mol. The number of furan rings is 1. The Hall–Kier alpha value is -3.58. The molecule has 1 N–H and O–H groups in total. The fourth-order valence-electron chi connectivity index (χ4n) is 2.67. The van der Waals surface area contributed by atoms with E-state index in [2.05, 4.69) is 5.32 Å². The van der Waals surface area contributed by atoms with Crippen molar-refractivity contribution in [3.05, 3.63) is 88.8 Å². The van der Waals surface area contributed by atoms with Crippen molar-refractivity contribution in [1.29, 1.82) is 0 Å². The summed E-state index contributed by atoms with van der Waals surface area (Å²) in [5.74, 6) is -1.50. The smallest absolute Gasteiger partial charge is 0.340 e. The SMILES string of the molecule is CN(Cc1cccc(Cl)c1)C(=O)COC(=O)c1ccccc1NC(=O)c1ccco1. The summed E-state index contributed by atoms with van der Waals surface area (Å²) in [6.45, 7) is -0.108. The maximum atomic E-state index is 12.5. The fraction of sp³-hybridized carbons (Fsp3) is 0.136. The van der Waals surface area contributed by atoms with Gasteiger partial charge in [0.15, 0.2) is 12.4 Å². The number of hydrogen-bond acceptors (Lipinski definition) is 5. The van der Waals surface area contributed by atoms with Crippen LogP contribution in [0.4, 0.5) is 5.69 Å². The molecule has 30 heavy (non-hydrogen) atoms. The van der Waals surface area contributed by atoms with Gasteiger partial charge in [-0.15, -0.1) is 0 Å². The number of rotatable bonds is 7. The minimum atomic E-state index is -0.727. The number of nitrogens with zero attached hydrogens (tertiary/aromatic N) is 1. The van der Waals surface area contributed by atoms with Crippen LogP contribution in [0.5, 0.6) is 0 Å². The summed E-state index contributed by atoms with van der Waals surface area (Å²) in [6, 6.07) is 16.6. The van der Waals surface area contributed by atoms with Gasteiger partial charge < -0.3 is 19.4 Å². The van der Waals surface area contributed by atoms with Crippen LogP contribution in [0.25, 0.3) is 0 Å². The molecule has 0 saturated heterocycles. The van der Waals surface area contributed by atoms with E-state index >= 15 is 0 Å². The van der Waals surface area contributed by atoms with Crippen molar-refractivity contribution in [2.24, 2.45) is 0 Å². The Labute approximate surface area is 178 Å².